The fraction of sp³-hybridized carbons (Fsp3) is 0.412. The van der Waals surface area contributed by atoms with Gasteiger partial charge in [0.1, 0.15) is 0 Å². The van der Waals surface area contributed by atoms with Gasteiger partial charge in [-0.1, -0.05) is 18.2 Å². The van der Waals surface area contributed by atoms with Crippen LogP contribution in [0.5, 0.6) is 0 Å². The Kier molecular flexibility index (Phi) is 5.80. The predicted octanol–water partition coefficient (Wildman–Crippen LogP) is 2.43. The molecule has 0 spiro atoms. The van der Waals surface area contributed by atoms with Crippen LogP contribution < -0.4 is 5.32 Å². The second-order valence-electron chi connectivity index (χ2n) is 5.81. The van der Waals surface area contributed by atoms with Crippen molar-refractivity contribution in [2.45, 2.75) is 25.8 Å². The molecule has 5 nitrogen and oxygen atoms in total. The molecule has 1 N–H and O–H groups in total. The fourth-order valence-electron chi connectivity index (χ4n) is 2.93. The molecule has 1 aromatic carbocycles. The molecule has 1 aliphatic rings. The van der Waals surface area contributed by atoms with Gasteiger partial charge in [0.2, 0.25) is 0 Å². The van der Waals surface area contributed by atoms with Gasteiger partial charge in [0.05, 0.1) is 16.9 Å². The molecule has 1 fully saturated rings. The predicted molar refractivity (Wildman–Crippen MR) is 93.5 cm³/mol. The Bertz CT molecular complexity index is 650. The van der Waals surface area contributed by atoms with Crippen LogP contribution in [0.3, 0.4) is 0 Å². The summed E-state index contributed by atoms with van der Waals surface area (Å²) < 4.78 is 1.78. The van der Waals surface area contributed by atoms with E-state index in [1.165, 1.54) is 0 Å². The van der Waals surface area contributed by atoms with Crippen molar-refractivity contribution in [2.75, 3.05) is 20.1 Å². The lowest BCUT2D eigenvalue weighted by Crippen LogP contribution is -2.44. The average molecular weight is 335 g/mol. The first-order chi connectivity index (χ1) is 10.7. The Morgan fingerprint density at radius 2 is 1.91 bits per heavy atom. The number of halogens is 1. The molecule has 2 heterocycles. The number of amides is 1. The largest absolute Gasteiger partial charge is 0.339 e. The van der Waals surface area contributed by atoms with Crippen molar-refractivity contribution in [3.8, 4) is 5.69 Å². The zero-order valence-electron chi connectivity index (χ0n) is 13.5. The van der Waals surface area contributed by atoms with E-state index in [1.54, 1.807) is 4.68 Å². The molecule has 2 aromatic rings. The Morgan fingerprint density at radius 3 is 2.57 bits per heavy atom. The smallest absolute Gasteiger partial charge is 0.257 e. The molecule has 6 heteroatoms. The summed E-state index contributed by atoms with van der Waals surface area (Å²) in [5, 5.41) is 7.82. The van der Waals surface area contributed by atoms with E-state index in [1.807, 2.05) is 55.4 Å². The van der Waals surface area contributed by atoms with Gasteiger partial charge in [0.15, 0.2) is 0 Å². The highest BCUT2D eigenvalue weighted by molar-refractivity contribution is 5.95. The zero-order valence-corrected chi connectivity index (χ0v) is 14.3. The van der Waals surface area contributed by atoms with Crippen LogP contribution in [0, 0.1) is 6.92 Å². The number of rotatable bonds is 3. The summed E-state index contributed by atoms with van der Waals surface area (Å²) in [4.78, 5) is 14.6. The molecule has 0 unspecified atom stereocenters. The van der Waals surface area contributed by atoms with E-state index >= 15 is 0 Å². The minimum Gasteiger partial charge on any atom is -0.339 e. The summed E-state index contributed by atoms with van der Waals surface area (Å²) in [6.45, 7) is 3.85. The minimum atomic E-state index is 0. The van der Waals surface area contributed by atoms with E-state index in [4.69, 9.17) is 0 Å². The number of piperidine rings is 1. The van der Waals surface area contributed by atoms with Crippen LogP contribution in [0.4, 0.5) is 0 Å². The third-order valence-electron chi connectivity index (χ3n) is 4.33. The lowest BCUT2D eigenvalue weighted by molar-refractivity contribution is 0.0702. The highest BCUT2D eigenvalue weighted by atomic mass is 35.5. The van der Waals surface area contributed by atoms with Crippen molar-refractivity contribution in [1.29, 1.82) is 0 Å². The maximum Gasteiger partial charge on any atom is 0.257 e. The molecule has 124 valence electrons. The number of para-hydroxylation sites is 1. The molecule has 1 amide bonds. The number of hydrogen-bond acceptors (Lipinski definition) is 3. The quantitative estimate of drug-likeness (QED) is 0.938. The lowest BCUT2D eigenvalue weighted by Gasteiger charge is -2.31. The van der Waals surface area contributed by atoms with Gasteiger partial charge in [0.25, 0.3) is 5.91 Å². The number of nitrogens with zero attached hydrogens (tertiary/aromatic N) is 3. The number of carbonyl (C=O) groups is 1. The van der Waals surface area contributed by atoms with Crippen LogP contribution in [-0.4, -0.2) is 46.8 Å². The van der Waals surface area contributed by atoms with E-state index in [0.29, 0.717) is 11.6 Å². The normalized spacial score (nSPS) is 15.0. The first kappa shape index (κ1) is 17.5. The van der Waals surface area contributed by atoms with Gasteiger partial charge in [0, 0.05) is 19.3 Å². The Hall–Kier alpha value is -1.85. The third kappa shape index (κ3) is 3.74. The highest BCUT2D eigenvalue weighted by Crippen LogP contribution is 2.17. The molecular formula is C17H23ClN4O. The highest BCUT2D eigenvalue weighted by Gasteiger charge is 2.25. The minimum absolute atomic E-state index is 0. The van der Waals surface area contributed by atoms with E-state index in [-0.39, 0.29) is 18.3 Å². The van der Waals surface area contributed by atoms with Crippen molar-refractivity contribution in [3.05, 3.63) is 47.8 Å². The standard InChI is InChI=1S/C17H22N4O.ClH/c1-13-16(12-21(19-13)15-6-4-3-5-7-15)17(22)20(2)14-8-10-18-11-9-14;/h3-7,12,14,18H,8-11H2,1-2H3;1H. The molecule has 3 rings (SSSR count). The number of benzene rings is 1. The molecule has 1 saturated heterocycles. The molecule has 0 radical (unpaired) electrons. The molecule has 0 bridgehead atoms. The van der Waals surface area contributed by atoms with Gasteiger partial charge >= 0.3 is 0 Å². The van der Waals surface area contributed by atoms with Crippen LogP contribution in [0.2, 0.25) is 0 Å². The average Bonchev–Trinajstić information content (AvgIpc) is 2.97. The van der Waals surface area contributed by atoms with Gasteiger partial charge in [-0.25, -0.2) is 4.68 Å². The molecule has 1 aliphatic heterocycles. The number of carbonyl (C=O) groups excluding carboxylic acids is 1. The maximum atomic E-state index is 12.8. The van der Waals surface area contributed by atoms with Gasteiger partial charge in [-0.15, -0.1) is 12.4 Å². The topological polar surface area (TPSA) is 50.2 Å². The SMILES string of the molecule is Cc1nn(-c2ccccc2)cc1C(=O)N(C)C1CCNCC1.Cl. The number of nitrogens with one attached hydrogen (secondary N) is 1. The van der Waals surface area contributed by atoms with Gasteiger partial charge in [-0.2, -0.15) is 5.10 Å². The van der Waals surface area contributed by atoms with E-state index in [9.17, 15) is 4.79 Å². The summed E-state index contributed by atoms with van der Waals surface area (Å²) in [7, 11) is 1.90. The van der Waals surface area contributed by atoms with Crippen molar-refractivity contribution < 1.29 is 4.79 Å². The molecule has 0 aliphatic carbocycles. The van der Waals surface area contributed by atoms with Crippen molar-refractivity contribution in [2.24, 2.45) is 0 Å². The van der Waals surface area contributed by atoms with Gasteiger partial charge in [-0.3, -0.25) is 4.79 Å². The maximum absolute atomic E-state index is 12.8. The van der Waals surface area contributed by atoms with Crippen LogP contribution in [0.1, 0.15) is 28.9 Å². The second kappa shape index (κ2) is 7.62. The van der Waals surface area contributed by atoms with Crippen LogP contribution in [0.15, 0.2) is 36.5 Å². The number of aromatic nitrogens is 2. The van der Waals surface area contributed by atoms with Crippen molar-refractivity contribution >= 4 is 18.3 Å². The van der Waals surface area contributed by atoms with Crippen molar-refractivity contribution in [1.82, 2.24) is 20.0 Å². The summed E-state index contributed by atoms with van der Waals surface area (Å²) in [5.41, 5.74) is 2.42. The first-order valence-electron chi connectivity index (χ1n) is 7.76. The molecule has 23 heavy (non-hydrogen) atoms. The summed E-state index contributed by atoms with van der Waals surface area (Å²) in [6.07, 6.45) is 3.85. The summed E-state index contributed by atoms with van der Waals surface area (Å²) in [6, 6.07) is 10.2. The first-order valence-corrected chi connectivity index (χ1v) is 7.76. The number of aryl methyl sites for hydroxylation is 1. The van der Waals surface area contributed by atoms with Crippen LogP contribution >= 0.6 is 12.4 Å². The molecule has 0 atom stereocenters. The van der Waals surface area contributed by atoms with Gasteiger partial charge in [-0.05, 0) is 45.0 Å². The van der Waals surface area contributed by atoms with Crippen LogP contribution in [0.25, 0.3) is 5.69 Å². The Morgan fingerprint density at radius 1 is 1.26 bits per heavy atom. The molecule has 0 saturated carbocycles. The fourth-order valence-corrected chi connectivity index (χ4v) is 2.93. The van der Waals surface area contributed by atoms with E-state index in [0.717, 1.165) is 37.3 Å². The third-order valence-corrected chi connectivity index (χ3v) is 4.33. The number of hydrogen-bond donors (Lipinski definition) is 1. The van der Waals surface area contributed by atoms with Crippen LogP contribution in [-0.2, 0) is 0 Å². The summed E-state index contributed by atoms with van der Waals surface area (Å²) in [5.74, 6) is 0.0616. The Balaban J connectivity index is 0.00000192. The van der Waals surface area contributed by atoms with E-state index in [2.05, 4.69) is 10.4 Å². The monoisotopic (exact) mass is 334 g/mol. The second-order valence-corrected chi connectivity index (χ2v) is 5.81. The lowest BCUT2D eigenvalue weighted by atomic mass is 10.0. The van der Waals surface area contributed by atoms with E-state index < -0.39 is 0 Å². The van der Waals surface area contributed by atoms with Gasteiger partial charge < -0.3 is 10.2 Å². The summed E-state index contributed by atoms with van der Waals surface area (Å²) >= 11 is 0. The van der Waals surface area contributed by atoms with Crippen molar-refractivity contribution in [3.63, 3.8) is 0 Å². The zero-order chi connectivity index (χ0) is 15.5. The Labute approximate surface area is 143 Å². The molecular weight excluding hydrogens is 312 g/mol. The molecule has 1 aromatic heterocycles.